The number of hydrogen-bond acceptors (Lipinski definition) is 26. The maximum Gasteiger partial charge on any atom is 0.187 e. The first-order chi connectivity index (χ1) is 26.5. The van der Waals surface area contributed by atoms with E-state index in [-0.39, 0.29) is 0 Å². The average Bonchev–Trinajstić information content (AvgIpc) is 3.18. The first-order valence-electron chi connectivity index (χ1n) is 17.6. The molecule has 26 heteroatoms. The van der Waals surface area contributed by atoms with E-state index >= 15 is 0 Å². The van der Waals surface area contributed by atoms with Crippen molar-refractivity contribution in [2.75, 3.05) is 33.0 Å². The van der Waals surface area contributed by atoms with E-state index in [1.54, 1.807) is 0 Å². The molecule has 56 heavy (non-hydrogen) atoms. The summed E-state index contributed by atoms with van der Waals surface area (Å²) in [4.78, 5) is 0. The monoisotopic (exact) mass is 828 g/mol. The molecule has 0 spiro atoms. The molecule has 5 rings (SSSR count). The van der Waals surface area contributed by atoms with Crippen LogP contribution in [0.15, 0.2) is 0 Å². The van der Waals surface area contributed by atoms with E-state index in [1.807, 2.05) is 0 Å². The summed E-state index contributed by atoms with van der Waals surface area (Å²) in [5, 5.41) is 177. The van der Waals surface area contributed by atoms with Gasteiger partial charge in [0.05, 0.1) is 33.0 Å². The predicted molar refractivity (Wildman–Crippen MR) is 167 cm³/mol. The molecule has 0 aliphatic carbocycles. The van der Waals surface area contributed by atoms with Crippen LogP contribution in [0.2, 0.25) is 0 Å². The fraction of sp³-hybridized carbons (Fsp3) is 1.00. The van der Waals surface area contributed by atoms with Crippen molar-refractivity contribution in [1.82, 2.24) is 0 Å². The fourth-order valence-corrected chi connectivity index (χ4v) is 7.01. The third-order valence-corrected chi connectivity index (χ3v) is 10.3. The minimum atomic E-state index is -2.18. The van der Waals surface area contributed by atoms with Gasteiger partial charge in [-0.05, 0) is 0 Å². The highest BCUT2D eigenvalue weighted by molar-refractivity contribution is 4.99. The topological polar surface area (TPSA) is 427 Å². The molecular formula is C30H52O26. The van der Waals surface area contributed by atoms with Gasteiger partial charge in [0.25, 0.3) is 0 Å². The summed E-state index contributed by atoms with van der Waals surface area (Å²) in [6, 6.07) is 0. The van der Waals surface area contributed by atoms with Gasteiger partial charge >= 0.3 is 0 Å². The lowest BCUT2D eigenvalue weighted by atomic mass is 9.95. The van der Waals surface area contributed by atoms with Gasteiger partial charge < -0.3 is 129 Å². The third kappa shape index (κ3) is 9.16. The summed E-state index contributed by atoms with van der Waals surface area (Å²) >= 11 is 0. The summed E-state index contributed by atoms with van der Waals surface area (Å²) in [6.07, 6.45) is -47.2. The summed E-state index contributed by atoms with van der Waals surface area (Å²) in [5.74, 6) is 0. The quantitative estimate of drug-likeness (QED) is 0.0819. The van der Waals surface area contributed by atoms with Crippen LogP contribution < -0.4 is 0 Å². The zero-order chi connectivity index (χ0) is 41.3. The molecule has 26 nitrogen and oxygen atoms in total. The Morgan fingerprint density at radius 3 is 0.821 bits per heavy atom. The number of aliphatic hydroxyl groups excluding tert-OH is 17. The van der Waals surface area contributed by atoms with Crippen molar-refractivity contribution in [3.05, 3.63) is 0 Å². The zero-order valence-corrected chi connectivity index (χ0v) is 29.2. The average molecular weight is 829 g/mol. The molecule has 25 atom stereocenters. The summed E-state index contributed by atoms with van der Waals surface area (Å²) < 4.78 is 48.9. The van der Waals surface area contributed by atoms with Gasteiger partial charge in [0, 0.05) is 0 Å². The van der Waals surface area contributed by atoms with E-state index in [0.717, 1.165) is 0 Å². The van der Waals surface area contributed by atoms with Crippen LogP contribution in [0, 0.1) is 0 Å². The van der Waals surface area contributed by atoms with E-state index in [0.29, 0.717) is 0 Å². The fourth-order valence-electron chi connectivity index (χ4n) is 7.01. The zero-order valence-electron chi connectivity index (χ0n) is 29.2. The molecular weight excluding hydrogens is 776 g/mol. The van der Waals surface area contributed by atoms with Gasteiger partial charge in [-0.15, -0.1) is 0 Å². The van der Waals surface area contributed by atoms with Crippen molar-refractivity contribution in [3.63, 3.8) is 0 Å². The predicted octanol–water partition coefficient (Wildman–Crippen LogP) is -11.9. The summed E-state index contributed by atoms with van der Waals surface area (Å²) in [5.41, 5.74) is 0. The lowest BCUT2D eigenvalue weighted by molar-refractivity contribution is -0.395. The Morgan fingerprint density at radius 2 is 0.518 bits per heavy atom. The molecule has 0 aromatic rings. The van der Waals surface area contributed by atoms with E-state index < -0.39 is 187 Å². The maximum atomic E-state index is 11.4. The lowest BCUT2D eigenvalue weighted by Crippen LogP contribution is -2.68. The molecule has 5 aliphatic rings. The Balaban J connectivity index is 1.34. The standard InChI is InChI=1S/C30H52O26/c31-1-6-11(36)16(41)17(42)27(49-6)54-23-13(38)8(3-33)51-29(19(23)44)56-25-15(40)10(5-35)52-30(21(25)46)55-24-14(39)9(4-34)50-28(20(24)45)53-22-12(37)7(2-32)48-26(47)18(22)43/h6-47H,1-5H2/t6-,7-,8-,9-,10-,11-,12-,13-,14-,15-,16+,17-,18-,19-,20-,21-,22+,23+,24+,25+,26-,27+,28+,29+,30+/m1/s1. The van der Waals surface area contributed by atoms with Crippen LogP contribution in [0.5, 0.6) is 0 Å². The Labute approximate surface area is 316 Å². The molecule has 0 radical (unpaired) electrons. The van der Waals surface area contributed by atoms with Crippen molar-refractivity contribution in [2.24, 2.45) is 0 Å². The van der Waals surface area contributed by atoms with Crippen LogP contribution in [0.4, 0.5) is 0 Å². The molecule has 0 saturated carbocycles. The van der Waals surface area contributed by atoms with E-state index in [2.05, 4.69) is 0 Å². The van der Waals surface area contributed by atoms with E-state index in [1.165, 1.54) is 0 Å². The largest absolute Gasteiger partial charge is 0.394 e. The summed E-state index contributed by atoms with van der Waals surface area (Å²) in [7, 11) is 0. The molecule has 5 saturated heterocycles. The molecule has 5 heterocycles. The van der Waals surface area contributed by atoms with Gasteiger partial charge in [0.2, 0.25) is 0 Å². The van der Waals surface area contributed by atoms with Crippen molar-refractivity contribution in [1.29, 1.82) is 0 Å². The van der Waals surface area contributed by atoms with E-state index in [4.69, 9.17) is 42.6 Å². The molecule has 0 aromatic carbocycles. The van der Waals surface area contributed by atoms with Crippen LogP contribution in [0.3, 0.4) is 0 Å². The second-order valence-electron chi connectivity index (χ2n) is 13.9. The molecule has 0 aromatic heterocycles. The highest BCUT2D eigenvalue weighted by atomic mass is 16.8. The normalized spacial score (nSPS) is 53.2. The van der Waals surface area contributed by atoms with Crippen LogP contribution in [0.1, 0.15) is 0 Å². The van der Waals surface area contributed by atoms with Gasteiger partial charge in [0.15, 0.2) is 31.5 Å². The molecule has 5 fully saturated rings. The number of hydrogen-bond donors (Lipinski definition) is 17. The number of ether oxygens (including phenoxy) is 9. The van der Waals surface area contributed by atoms with Crippen LogP contribution in [0.25, 0.3) is 0 Å². The second-order valence-corrected chi connectivity index (χ2v) is 13.9. The maximum absolute atomic E-state index is 11.4. The molecule has 0 unspecified atom stereocenters. The first kappa shape index (κ1) is 46.0. The SMILES string of the molecule is OC[C@H]1O[C@@H](O[C@@H]2[C@@H](O)[C@H](O[C@@H]3[C@@H](O)[C@H](O[C@@H]4[C@@H](O)[C@H](O[C@@H]5[C@@H](O)[C@H](O)O[C@H](CO)[C@H]5O)O[C@H](CO)[C@H]4O)O[C@H](CO)[C@H]3O)O[C@H](CO)[C@H]2O)[C@H](O)[C@@H](O)[C@@H]1O. The Morgan fingerprint density at radius 1 is 0.268 bits per heavy atom. The number of aliphatic hydroxyl groups is 17. The van der Waals surface area contributed by atoms with Gasteiger partial charge in [0.1, 0.15) is 122 Å². The highest BCUT2D eigenvalue weighted by Crippen LogP contribution is 2.35. The van der Waals surface area contributed by atoms with Crippen LogP contribution >= 0.6 is 0 Å². The minimum Gasteiger partial charge on any atom is -0.394 e. The molecule has 0 amide bonds. The molecule has 17 N–H and O–H groups in total. The molecule has 0 bridgehead atoms. The number of rotatable bonds is 13. The Kier molecular flexibility index (Phi) is 16.1. The Bertz CT molecular complexity index is 1210. The summed E-state index contributed by atoms with van der Waals surface area (Å²) in [6.45, 7) is -4.58. The van der Waals surface area contributed by atoms with Gasteiger partial charge in [-0.3, -0.25) is 0 Å². The molecule has 5 aliphatic heterocycles. The highest BCUT2D eigenvalue weighted by Gasteiger charge is 2.56. The lowest BCUT2D eigenvalue weighted by Gasteiger charge is -2.49. The molecule has 328 valence electrons. The van der Waals surface area contributed by atoms with Crippen molar-refractivity contribution in [2.45, 2.75) is 154 Å². The van der Waals surface area contributed by atoms with E-state index in [9.17, 15) is 86.8 Å². The third-order valence-electron chi connectivity index (χ3n) is 10.3. The first-order valence-corrected chi connectivity index (χ1v) is 17.6. The van der Waals surface area contributed by atoms with Gasteiger partial charge in [-0.25, -0.2) is 0 Å². The minimum absolute atomic E-state index is 0.837. The van der Waals surface area contributed by atoms with Crippen molar-refractivity contribution in [3.8, 4) is 0 Å². The Hall–Kier alpha value is -1.04. The smallest absolute Gasteiger partial charge is 0.187 e. The van der Waals surface area contributed by atoms with Crippen molar-refractivity contribution >= 4 is 0 Å². The van der Waals surface area contributed by atoms with Gasteiger partial charge in [-0.1, -0.05) is 0 Å². The van der Waals surface area contributed by atoms with Gasteiger partial charge in [-0.2, -0.15) is 0 Å². The second kappa shape index (κ2) is 19.6. The van der Waals surface area contributed by atoms with Crippen LogP contribution in [-0.2, 0) is 42.6 Å². The van der Waals surface area contributed by atoms with Crippen molar-refractivity contribution < 1.29 is 129 Å². The van der Waals surface area contributed by atoms with Crippen LogP contribution in [-0.4, -0.2) is 273 Å².